The molecule has 1 N–H and O–H groups in total. The van der Waals surface area contributed by atoms with Gasteiger partial charge in [0.15, 0.2) is 0 Å². The average Bonchev–Trinajstić information content (AvgIpc) is 2.72. The molecule has 1 atom stereocenters. The minimum absolute atomic E-state index is 0.688. The third-order valence-electron chi connectivity index (χ3n) is 2.77. The van der Waals surface area contributed by atoms with E-state index in [1.807, 2.05) is 11.3 Å². The topological polar surface area (TPSA) is 15.3 Å². The van der Waals surface area contributed by atoms with Crippen LogP contribution < -0.4 is 5.32 Å². The largest absolute Gasteiger partial charge is 0.314 e. The number of rotatable bonds is 3. The Labute approximate surface area is 89.9 Å². The Morgan fingerprint density at radius 1 is 1.50 bits per heavy atom. The van der Waals surface area contributed by atoms with Crippen molar-refractivity contribution in [2.75, 3.05) is 32.7 Å². The van der Waals surface area contributed by atoms with E-state index < -0.39 is 0 Å². The van der Waals surface area contributed by atoms with Gasteiger partial charge in [-0.25, -0.2) is 0 Å². The molecule has 1 fully saturated rings. The highest BCUT2D eigenvalue weighted by Gasteiger charge is 2.14. The Morgan fingerprint density at radius 3 is 2.93 bits per heavy atom. The standard InChI is InChI=1S/C11H18N2S/c1-10(11-3-2-8-14-11)9-13-6-4-12-5-7-13/h2-3,8,10,12H,4-7,9H2,1H3. The zero-order chi connectivity index (χ0) is 9.80. The average molecular weight is 210 g/mol. The van der Waals surface area contributed by atoms with E-state index in [2.05, 4.69) is 34.7 Å². The van der Waals surface area contributed by atoms with E-state index in [9.17, 15) is 0 Å². The summed E-state index contributed by atoms with van der Waals surface area (Å²) in [6.07, 6.45) is 0. The molecule has 0 spiro atoms. The van der Waals surface area contributed by atoms with Crippen molar-refractivity contribution >= 4 is 11.3 Å². The van der Waals surface area contributed by atoms with Gasteiger partial charge in [-0.1, -0.05) is 13.0 Å². The molecule has 2 rings (SSSR count). The molecule has 1 saturated heterocycles. The highest BCUT2D eigenvalue weighted by Crippen LogP contribution is 2.21. The van der Waals surface area contributed by atoms with E-state index in [1.165, 1.54) is 24.5 Å². The number of hydrogen-bond donors (Lipinski definition) is 1. The van der Waals surface area contributed by atoms with Crippen molar-refractivity contribution in [3.05, 3.63) is 22.4 Å². The lowest BCUT2D eigenvalue weighted by atomic mass is 10.1. The van der Waals surface area contributed by atoms with Crippen molar-refractivity contribution < 1.29 is 0 Å². The van der Waals surface area contributed by atoms with Crippen LogP contribution in [0.1, 0.15) is 17.7 Å². The van der Waals surface area contributed by atoms with Gasteiger partial charge in [-0.3, -0.25) is 0 Å². The molecule has 0 aliphatic carbocycles. The maximum Gasteiger partial charge on any atom is 0.0108 e. The summed E-state index contributed by atoms with van der Waals surface area (Å²) in [7, 11) is 0. The molecule has 0 amide bonds. The Kier molecular flexibility index (Phi) is 3.56. The second kappa shape index (κ2) is 4.91. The summed E-state index contributed by atoms with van der Waals surface area (Å²) in [5.41, 5.74) is 0. The second-order valence-corrected chi connectivity index (χ2v) is 4.95. The summed E-state index contributed by atoms with van der Waals surface area (Å²) in [6, 6.07) is 4.39. The van der Waals surface area contributed by atoms with E-state index >= 15 is 0 Å². The fourth-order valence-electron chi connectivity index (χ4n) is 1.94. The third kappa shape index (κ3) is 2.56. The number of nitrogens with one attached hydrogen (secondary N) is 1. The summed E-state index contributed by atoms with van der Waals surface area (Å²) in [5.74, 6) is 0.688. The number of nitrogens with zero attached hydrogens (tertiary/aromatic N) is 1. The summed E-state index contributed by atoms with van der Waals surface area (Å²) < 4.78 is 0. The van der Waals surface area contributed by atoms with Crippen molar-refractivity contribution in [3.63, 3.8) is 0 Å². The van der Waals surface area contributed by atoms with E-state index in [-0.39, 0.29) is 0 Å². The van der Waals surface area contributed by atoms with Crippen LogP contribution >= 0.6 is 11.3 Å². The quantitative estimate of drug-likeness (QED) is 0.818. The van der Waals surface area contributed by atoms with Crippen molar-refractivity contribution in [1.82, 2.24) is 10.2 Å². The lowest BCUT2D eigenvalue weighted by Gasteiger charge is -2.29. The molecular weight excluding hydrogens is 192 g/mol. The maximum absolute atomic E-state index is 3.38. The Balaban J connectivity index is 1.84. The van der Waals surface area contributed by atoms with Crippen LogP contribution in [0.4, 0.5) is 0 Å². The first-order valence-corrected chi connectivity index (χ1v) is 6.20. The van der Waals surface area contributed by atoms with Gasteiger partial charge in [-0.2, -0.15) is 0 Å². The Bertz CT molecular complexity index is 252. The molecule has 78 valence electrons. The van der Waals surface area contributed by atoms with Crippen molar-refractivity contribution in [1.29, 1.82) is 0 Å². The number of piperazine rings is 1. The minimum Gasteiger partial charge on any atom is -0.314 e. The zero-order valence-electron chi connectivity index (χ0n) is 8.70. The first-order chi connectivity index (χ1) is 6.86. The van der Waals surface area contributed by atoms with Gasteiger partial charge in [0.25, 0.3) is 0 Å². The first-order valence-electron chi connectivity index (χ1n) is 5.33. The number of hydrogen-bond acceptors (Lipinski definition) is 3. The predicted octanol–water partition coefficient (Wildman–Crippen LogP) is 1.76. The minimum atomic E-state index is 0.688. The predicted molar refractivity (Wildman–Crippen MR) is 62.0 cm³/mol. The van der Waals surface area contributed by atoms with Gasteiger partial charge < -0.3 is 10.2 Å². The lowest BCUT2D eigenvalue weighted by Crippen LogP contribution is -2.44. The van der Waals surface area contributed by atoms with E-state index in [4.69, 9.17) is 0 Å². The summed E-state index contributed by atoms with van der Waals surface area (Å²) in [6.45, 7) is 8.25. The molecule has 14 heavy (non-hydrogen) atoms. The van der Waals surface area contributed by atoms with Crippen LogP contribution in [0.15, 0.2) is 17.5 Å². The van der Waals surface area contributed by atoms with Crippen molar-refractivity contribution in [3.8, 4) is 0 Å². The van der Waals surface area contributed by atoms with E-state index in [0.29, 0.717) is 5.92 Å². The molecule has 3 heteroatoms. The van der Waals surface area contributed by atoms with Crippen LogP contribution in [0.5, 0.6) is 0 Å². The van der Waals surface area contributed by atoms with Gasteiger partial charge in [0.1, 0.15) is 0 Å². The SMILES string of the molecule is CC(CN1CCNCC1)c1cccs1. The van der Waals surface area contributed by atoms with Gasteiger partial charge in [-0.05, 0) is 11.4 Å². The molecule has 2 heterocycles. The molecule has 2 nitrogen and oxygen atoms in total. The molecule has 0 bridgehead atoms. The molecule has 0 radical (unpaired) electrons. The molecule has 1 aliphatic heterocycles. The first kappa shape index (κ1) is 10.1. The Hall–Kier alpha value is -0.380. The van der Waals surface area contributed by atoms with Gasteiger partial charge in [0, 0.05) is 43.5 Å². The van der Waals surface area contributed by atoms with Crippen LogP contribution in [0, 0.1) is 0 Å². The fraction of sp³-hybridized carbons (Fsp3) is 0.636. The summed E-state index contributed by atoms with van der Waals surface area (Å²) in [5, 5.41) is 5.55. The fourth-order valence-corrected chi connectivity index (χ4v) is 2.72. The van der Waals surface area contributed by atoms with Crippen molar-refractivity contribution in [2.24, 2.45) is 0 Å². The van der Waals surface area contributed by atoms with Crippen LogP contribution in [0.25, 0.3) is 0 Å². The van der Waals surface area contributed by atoms with Gasteiger partial charge in [-0.15, -0.1) is 11.3 Å². The molecule has 0 aromatic carbocycles. The maximum atomic E-state index is 3.38. The van der Waals surface area contributed by atoms with Crippen LogP contribution in [0.2, 0.25) is 0 Å². The second-order valence-electron chi connectivity index (χ2n) is 3.97. The molecule has 1 aromatic heterocycles. The molecule has 1 aromatic rings. The normalized spacial score (nSPS) is 20.9. The smallest absolute Gasteiger partial charge is 0.0108 e. The molecular formula is C11H18N2S. The van der Waals surface area contributed by atoms with E-state index in [1.54, 1.807) is 0 Å². The molecule has 1 unspecified atom stereocenters. The van der Waals surface area contributed by atoms with Crippen LogP contribution in [0.3, 0.4) is 0 Å². The molecule has 0 saturated carbocycles. The lowest BCUT2D eigenvalue weighted by molar-refractivity contribution is 0.231. The number of thiophene rings is 1. The van der Waals surface area contributed by atoms with Gasteiger partial charge in [0.2, 0.25) is 0 Å². The van der Waals surface area contributed by atoms with Crippen LogP contribution in [-0.4, -0.2) is 37.6 Å². The van der Waals surface area contributed by atoms with Crippen molar-refractivity contribution in [2.45, 2.75) is 12.8 Å². The summed E-state index contributed by atoms with van der Waals surface area (Å²) in [4.78, 5) is 4.07. The molecule has 1 aliphatic rings. The highest BCUT2D eigenvalue weighted by atomic mass is 32.1. The zero-order valence-corrected chi connectivity index (χ0v) is 9.52. The Morgan fingerprint density at radius 2 is 2.29 bits per heavy atom. The van der Waals surface area contributed by atoms with Gasteiger partial charge in [0.05, 0.1) is 0 Å². The van der Waals surface area contributed by atoms with Gasteiger partial charge >= 0.3 is 0 Å². The monoisotopic (exact) mass is 210 g/mol. The van der Waals surface area contributed by atoms with Crippen LogP contribution in [-0.2, 0) is 0 Å². The third-order valence-corrected chi connectivity index (χ3v) is 3.87. The van der Waals surface area contributed by atoms with E-state index in [0.717, 1.165) is 13.1 Å². The summed E-state index contributed by atoms with van der Waals surface area (Å²) >= 11 is 1.88. The highest BCUT2D eigenvalue weighted by molar-refractivity contribution is 7.10.